The zero-order chi connectivity index (χ0) is 8.89. The van der Waals surface area contributed by atoms with Crippen LogP contribution in [0.2, 0.25) is 0 Å². The highest BCUT2D eigenvalue weighted by Gasteiger charge is 2.50. The second kappa shape index (κ2) is 2.32. The number of aromatic nitrogens is 2. The SMILES string of the molecule is Cc1nnc(C23CCCN(C2)C3)o1. The number of hydrogen-bond acceptors (Lipinski definition) is 4. The molecule has 0 saturated carbocycles. The quantitative estimate of drug-likeness (QED) is 0.637. The van der Waals surface area contributed by atoms with Crippen molar-refractivity contribution in [2.24, 2.45) is 0 Å². The summed E-state index contributed by atoms with van der Waals surface area (Å²) in [6, 6.07) is 0. The third kappa shape index (κ3) is 0.950. The number of piperidine rings is 2. The molecule has 3 fully saturated rings. The lowest BCUT2D eigenvalue weighted by molar-refractivity contribution is -0.00403. The van der Waals surface area contributed by atoms with Crippen LogP contribution in [0.1, 0.15) is 24.6 Å². The second-order valence-electron chi connectivity index (χ2n) is 4.22. The van der Waals surface area contributed by atoms with Gasteiger partial charge in [-0.15, -0.1) is 10.2 Å². The molecule has 0 radical (unpaired) electrons. The molecule has 3 aliphatic heterocycles. The molecular weight excluding hydrogens is 166 g/mol. The van der Waals surface area contributed by atoms with Gasteiger partial charge in [-0.05, 0) is 19.4 Å². The minimum Gasteiger partial charge on any atom is -0.425 e. The molecule has 0 amide bonds. The summed E-state index contributed by atoms with van der Waals surface area (Å²) >= 11 is 0. The van der Waals surface area contributed by atoms with Gasteiger partial charge in [0, 0.05) is 20.0 Å². The Morgan fingerprint density at radius 3 is 2.77 bits per heavy atom. The Morgan fingerprint density at radius 2 is 2.23 bits per heavy atom. The Balaban J connectivity index is 1.92. The fraction of sp³-hybridized carbons (Fsp3) is 0.778. The van der Waals surface area contributed by atoms with E-state index in [0.29, 0.717) is 5.89 Å². The van der Waals surface area contributed by atoms with Gasteiger partial charge in [-0.1, -0.05) is 0 Å². The van der Waals surface area contributed by atoms with Gasteiger partial charge >= 0.3 is 0 Å². The maximum absolute atomic E-state index is 5.52. The largest absolute Gasteiger partial charge is 0.425 e. The highest BCUT2D eigenvalue weighted by atomic mass is 16.4. The third-order valence-electron chi connectivity index (χ3n) is 3.16. The molecule has 0 N–H and O–H groups in total. The molecule has 13 heavy (non-hydrogen) atoms. The average Bonchev–Trinajstić information content (AvgIpc) is 2.52. The van der Waals surface area contributed by atoms with Gasteiger partial charge in [0.2, 0.25) is 11.8 Å². The van der Waals surface area contributed by atoms with E-state index in [-0.39, 0.29) is 5.41 Å². The van der Waals surface area contributed by atoms with E-state index in [1.165, 1.54) is 19.4 Å². The number of fused-ring (bicyclic) bond motifs is 2. The molecule has 2 bridgehead atoms. The summed E-state index contributed by atoms with van der Waals surface area (Å²) < 4.78 is 5.52. The molecule has 4 heteroatoms. The zero-order valence-electron chi connectivity index (χ0n) is 7.79. The Hall–Kier alpha value is -0.900. The Kier molecular flexibility index (Phi) is 1.34. The Bertz CT molecular complexity index is 322. The first-order chi connectivity index (χ1) is 6.28. The molecule has 0 unspecified atom stereocenters. The number of nitrogens with zero attached hydrogens (tertiary/aromatic N) is 3. The van der Waals surface area contributed by atoms with Gasteiger partial charge in [-0.25, -0.2) is 0 Å². The van der Waals surface area contributed by atoms with Crippen molar-refractivity contribution in [3.8, 4) is 0 Å². The molecule has 0 spiro atoms. The molecule has 1 aromatic rings. The van der Waals surface area contributed by atoms with Crippen LogP contribution in [-0.2, 0) is 5.41 Å². The van der Waals surface area contributed by atoms with Crippen LogP contribution in [-0.4, -0.2) is 34.7 Å². The number of aryl methyl sites for hydroxylation is 1. The highest BCUT2D eigenvalue weighted by molar-refractivity contribution is 5.16. The predicted molar refractivity (Wildman–Crippen MR) is 46.4 cm³/mol. The van der Waals surface area contributed by atoms with Crippen LogP contribution in [0.5, 0.6) is 0 Å². The fourth-order valence-electron chi connectivity index (χ4n) is 2.52. The minimum atomic E-state index is 0.222. The van der Waals surface area contributed by atoms with E-state index in [1.807, 2.05) is 6.92 Å². The van der Waals surface area contributed by atoms with Gasteiger partial charge in [-0.2, -0.15) is 0 Å². The Labute approximate surface area is 76.9 Å². The van der Waals surface area contributed by atoms with Crippen LogP contribution in [0, 0.1) is 6.92 Å². The maximum Gasteiger partial charge on any atom is 0.225 e. The number of rotatable bonds is 1. The predicted octanol–water partition coefficient (Wildman–Crippen LogP) is 0.725. The molecule has 70 valence electrons. The van der Waals surface area contributed by atoms with E-state index in [0.717, 1.165) is 19.0 Å². The van der Waals surface area contributed by atoms with E-state index in [9.17, 15) is 0 Å². The number of hydrogen-bond donors (Lipinski definition) is 0. The molecule has 3 aliphatic rings. The summed E-state index contributed by atoms with van der Waals surface area (Å²) in [5.41, 5.74) is 0.222. The van der Waals surface area contributed by atoms with Crippen molar-refractivity contribution in [1.29, 1.82) is 0 Å². The summed E-state index contributed by atoms with van der Waals surface area (Å²) in [7, 11) is 0. The van der Waals surface area contributed by atoms with E-state index >= 15 is 0 Å². The molecule has 4 rings (SSSR count). The first-order valence-electron chi connectivity index (χ1n) is 4.81. The lowest BCUT2D eigenvalue weighted by atomic mass is 9.72. The lowest BCUT2D eigenvalue weighted by Crippen LogP contribution is -2.63. The highest BCUT2D eigenvalue weighted by Crippen LogP contribution is 2.41. The van der Waals surface area contributed by atoms with Crippen molar-refractivity contribution in [3.63, 3.8) is 0 Å². The molecular formula is C9H13N3O. The third-order valence-corrected chi connectivity index (χ3v) is 3.16. The van der Waals surface area contributed by atoms with E-state index in [1.54, 1.807) is 0 Å². The summed E-state index contributed by atoms with van der Waals surface area (Å²) in [4.78, 5) is 2.45. The normalized spacial score (nSPS) is 37.2. The topological polar surface area (TPSA) is 42.2 Å². The molecule has 1 aromatic heterocycles. The molecule has 4 nitrogen and oxygen atoms in total. The molecule has 0 atom stereocenters. The van der Waals surface area contributed by atoms with E-state index < -0.39 is 0 Å². The van der Waals surface area contributed by atoms with Crippen molar-refractivity contribution in [3.05, 3.63) is 11.8 Å². The monoisotopic (exact) mass is 179 g/mol. The first kappa shape index (κ1) is 7.50. The van der Waals surface area contributed by atoms with Gasteiger partial charge in [0.1, 0.15) is 0 Å². The molecule has 3 saturated heterocycles. The standard InChI is InChI=1S/C9H13N3O/c1-7-10-11-8(13-7)9-3-2-4-12(5-9)6-9/h2-6H2,1H3. The summed E-state index contributed by atoms with van der Waals surface area (Å²) in [5.74, 6) is 1.55. The van der Waals surface area contributed by atoms with Gasteiger partial charge in [-0.3, -0.25) is 0 Å². The van der Waals surface area contributed by atoms with Gasteiger partial charge < -0.3 is 9.32 Å². The molecule has 0 aliphatic carbocycles. The van der Waals surface area contributed by atoms with Crippen molar-refractivity contribution in [2.45, 2.75) is 25.2 Å². The van der Waals surface area contributed by atoms with Crippen molar-refractivity contribution >= 4 is 0 Å². The van der Waals surface area contributed by atoms with Crippen LogP contribution < -0.4 is 0 Å². The maximum atomic E-state index is 5.52. The van der Waals surface area contributed by atoms with Crippen LogP contribution in [0.3, 0.4) is 0 Å². The minimum absolute atomic E-state index is 0.222. The average molecular weight is 179 g/mol. The molecule has 4 heterocycles. The van der Waals surface area contributed by atoms with Crippen molar-refractivity contribution < 1.29 is 4.42 Å². The van der Waals surface area contributed by atoms with Gasteiger partial charge in [0.25, 0.3) is 0 Å². The van der Waals surface area contributed by atoms with Gasteiger partial charge in [0.15, 0.2) is 0 Å². The zero-order valence-corrected chi connectivity index (χ0v) is 7.79. The van der Waals surface area contributed by atoms with Crippen LogP contribution in [0.4, 0.5) is 0 Å². The van der Waals surface area contributed by atoms with Gasteiger partial charge in [0.05, 0.1) is 5.41 Å². The smallest absolute Gasteiger partial charge is 0.225 e. The van der Waals surface area contributed by atoms with E-state index in [4.69, 9.17) is 4.42 Å². The van der Waals surface area contributed by atoms with Crippen LogP contribution in [0.15, 0.2) is 4.42 Å². The summed E-state index contributed by atoms with van der Waals surface area (Å²) in [5, 5.41) is 8.03. The van der Waals surface area contributed by atoms with E-state index in [2.05, 4.69) is 15.1 Å². The molecule has 0 aromatic carbocycles. The van der Waals surface area contributed by atoms with Crippen LogP contribution in [0.25, 0.3) is 0 Å². The van der Waals surface area contributed by atoms with Crippen molar-refractivity contribution in [1.82, 2.24) is 15.1 Å². The Morgan fingerprint density at radius 1 is 1.38 bits per heavy atom. The fourth-order valence-corrected chi connectivity index (χ4v) is 2.52. The first-order valence-corrected chi connectivity index (χ1v) is 4.81. The van der Waals surface area contributed by atoms with Crippen LogP contribution >= 0.6 is 0 Å². The summed E-state index contributed by atoms with van der Waals surface area (Å²) in [6.07, 6.45) is 2.48. The lowest BCUT2D eigenvalue weighted by Gasteiger charge is -2.52. The second-order valence-corrected chi connectivity index (χ2v) is 4.22. The summed E-state index contributed by atoms with van der Waals surface area (Å²) in [6.45, 7) is 5.34. The van der Waals surface area contributed by atoms with Crippen molar-refractivity contribution in [2.75, 3.05) is 19.6 Å².